The molecule has 1 heteroatoms. The predicted octanol–water partition coefficient (Wildman–Crippen LogP) is 3.82. The number of rotatable bonds is 6. The second kappa shape index (κ2) is 5.22. The van der Waals surface area contributed by atoms with Gasteiger partial charge < -0.3 is 5.32 Å². The molecule has 2 rings (SSSR count). The van der Waals surface area contributed by atoms with Crippen LogP contribution in [-0.2, 0) is 0 Å². The second-order valence-corrected chi connectivity index (χ2v) is 5.95. The summed E-state index contributed by atoms with van der Waals surface area (Å²) < 4.78 is 0. The van der Waals surface area contributed by atoms with Crippen molar-refractivity contribution in [2.45, 2.75) is 39.5 Å². The van der Waals surface area contributed by atoms with Crippen molar-refractivity contribution in [3.05, 3.63) is 35.9 Å². The molecule has 0 amide bonds. The third-order valence-electron chi connectivity index (χ3n) is 4.22. The Morgan fingerprint density at radius 2 is 1.94 bits per heavy atom. The van der Waals surface area contributed by atoms with Crippen LogP contribution in [0.3, 0.4) is 0 Å². The highest BCUT2D eigenvalue weighted by Crippen LogP contribution is 2.57. The molecule has 1 aromatic rings. The first-order valence-electron chi connectivity index (χ1n) is 6.91. The lowest BCUT2D eigenvalue weighted by molar-refractivity contribution is 0.274. The van der Waals surface area contributed by atoms with Crippen molar-refractivity contribution in [2.75, 3.05) is 13.1 Å². The minimum absolute atomic E-state index is 0.475. The SMILES string of the molecule is CCNCCC(C)(C)C1CC1c1ccccc1. The molecule has 1 fully saturated rings. The summed E-state index contributed by atoms with van der Waals surface area (Å²) in [7, 11) is 0. The molecule has 0 aliphatic heterocycles. The molecule has 0 bridgehead atoms. The largest absolute Gasteiger partial charge is 0.317 e. The Balaban J connectivity index is 1.89. The normalized spacial score (nSPS) is 23.7. The lowest BCUT2D eigenvalue weighted by atomic mass is 9.82. The van der Waals surface area contributed by atoms with E-state index < -0.39 is 0 Å². The monoisotopic (exact) mass is 231 g/mol. The summed E-state index contributed by atoms with van der Waals surface area (Å²) in [6.07, 6.45) is 2.66. The van der Waals surface area contributed by atoms with E-state index in [4.69, 9.17) is 0 Å². The van der Waals surface area contributed by atoms with Gasteiger partial charge in [-0.25, -0.2) is 0 Å². The third kappa shape index (κ3) is 3.10. The predicted molar refractivity (Wildman–Crippen MR) is 74.2 cm³/mol. The summed E-state index contributed by atoms with van der Waals surface area (Å²) in [5.74, 6) is 1.69. The van der Waals surface area contributed by atoms with Gasteiger partial charge in [-0.2, -0.15) is 0 Å². The molecule has 0 saturated heterocycles. The van der Waals surface area contributed by atoms with Crippen LogP contribution in [0.5, 0.6) is 0 Å². The van der Waals surface area contributed by atoms with Crippen molar-refractivity contribution in [3.8, 4) is 0 Å². The first kappa shape index (κ1) is 12.6. The zero-order valence-corrected chi connectivity index (χ0v) is 11.4. The Kier molecular flexibility index (Phi) is 3.88. The van der Waals surface area contributed by atoms with E-state index in [9.17, 15) is 0 Å². The van der Waals surface area contributed by atoms with E-state index in [2.05, 4.69) is 56.4 Å². The van der Waals surface area contributed by atoms with Gasteiger partial charge in [-0.15, -0.1) is 0 Å². The molecule has 1 aliphatic rings. The lowest BCUT2D eigenvalue weighted by Crippen LogP contribution is -2.24. The second-order valence-electron chi connectivity index (χ2n) is 5.95. The van der Waals surface area contributed by atoms with E-state index in [0.717, 1.165) is 24.9 Å². The van der Waals surface area contributed by atoms with Crippen LogP contribution < -0.4 is 5.32 Å². The maximum Gasteiger partial charge on any atom is -0.00438 e. The highest BCUT2D eigenvalue weighted by atomic mass is 14.8. The highest BCUT2D eigenvalue weighted by Gasteiger charge is 2.47. The van der Waals surface area contributed by atoms with Crippen molar-refractivity contribution in [1.29, 1.82) is 0 Å². The maximum atomic E-state index is 3.44. The van der Waals surface area contributed by atoms with Gasteiger partial charge in [0.1, 0.15) is 0 Å². The lowest BCUT2D eigenvalue weighted by Gasteiger charge is -2.25. The molecule has 1 N–H and O–H groups in total. The van der Waals surface area contributed by atoms with Crippen LogP contribution in [0.25, 0.3) is 0 Å². The van der Waals surface area contributed by atoms with Gasteiger partial charge in [0.15, 0.2) is 0 Å². The Bertz CT molecular complexity index is 342. The first-order valence-corrected chi connectivity index (χ1v) is 6.91. The fourth-order valence-electron chi connectivity index (χ4n) is 2.90. The van der Waals surface area contributed by atoms with Gasteiger partial charge in [0, 0.05) is 0 Å². The standard InChI is InChI=1S/C16H25N/c1-4-17-11-10-16(2,3)15-12-14(15)13-8-6-5-7-9-13/h5-9,14-15,17H,4,10-12H2,1-3H3. The fraction of sp³-hybridized carbons (Fsp3) is 0.625. The minimum Gasteiger partial charge on any atom is -0.317 e. The van der Waals surface area contributed by atoms with Gasteiger partial charge in [-0.05, 0) is 48.7 Å². The number of hydrogen-bond acceptors (Lipinski definition) is 1. The Morgan fingerprint density at radius 1 is 1.24 bits per heavy atom. The van der Waals surface area contributed by atoms with Crippen molar-refractivity contribution in [1.82, 2.24) is 5.32 Å². The van der Waals surface area contributed by atoms with Crippen LogP contribution in [-0.4, -0.2) is 13.1 Å². The van der Waals surface area contributed by atoms with Crippen molar-refractivity contribution >= 4 is 0 Å². The molecule has 94 valence electrons. The van der Waals surface area contributed by atoms with Gasteiger partial charge in [0.25, 0.3) is 0 Å². The van der Waals surface area contributed by atoms with Gasteiger partial charge in [0.2, 0.25) is 0 Å². The summed E-state index contributed by atoms with van der Waals surface area (Å²) in [6, 6.07) is 11.0. The van der Waals surface area contributed by atoms with Crippen LogP contribution in [0.4, 0.5) is 0 Å². The van der Waals surface area contributed by atoms with Crippen LogP contribution >= 0.6 is 0 Å². The molecular formula is C16H25N. The van der Waals surface area contributed by atoms with E-state index in [0.29, 0.717) is 5.41 Å². The van der Waals surface area contributed by atoms with Crippen LogP contribution in [0, 0.1) is 11.3 Å². The Morgan fingerprint density at radius 3 is 2.59 bits per heavy atom. The average Bonchev–Trinajstić information content (AvgIpc) is 3.11. The maximum absolute atomic E-state index is 3.44. The molecule has 0 spiro atoms. The third-order valence-corrected chi connectivity index (χ3v) is 4.22. The van der Waals surface area contributed by atoms with E-state index in [1.165, 1.54) is 18.4 Å². The molecule has 17 heavy (non-hydrogen) atoms. The molecule has 2 atom stereocenters. The van der Waals surface area contributed by atoms with E-state index in [1.807, 2.05) is 0 Å². The summed E-state index contributed by atoms with van der Waals surface area (Å²) >= 11 is 0. The molecule has 1 aliphatic carbocycles. The number of nitrogens with one attached hydrogen (secondary N) is 1. The quantitative estimate of drug-likeness (QED) is 0.734. The summed E-state index contributed by atoms with van der Waals surface area (Å²) in [5, 5.41) is 3.44. The fourth-order valence-corrected chi connectivity index (χ4v) is 2.90. The summed E-state index contributed by atoms with van der Waals surface area (Å²) in [4.78, 5) is 0. The van der Waals surface area contributed by atoms with Crippen molar-refractivity contribution in [3.63, 3.8) is 0 Å². The first-order chi connectivity index (χ1) is 8.15. The number of hydrogen-bond donors (Lipinski definition) is 1. The van der Waals surface area contributed by atoms with Crippen LogP contribution in [0.2, 0.25) is 0 Å². The molecule has 0 aromatic heterocycles. The van der Waals surface area contributed by atoms with Crippen LogP contribution in [0.1, 0.15) is 45.1 Å². The van der Waals surface area contributed by atoms with E-state index in [-0.39, 0.29) is 0 Å². The molecule has 2 unspecified atom stereocenters. The molecule has 1 saturated carbocycles. The molecule has 1 aromatic carbocycles. The molecule has 0 heterocycles. The van der Waals surface area contributed by atoms with Gasteiger partial charge in [-0.3, -0.25) is 0 Å². The minimum atomic E-state index is 0.475. The Labute approximate surface area is 106 Å². The van der Waals surface area contributed by atoms with Crippen molar-refractivity contribution < 1.29 is 0 Å². The van der Waals surface area contributed by atoms with Gasteiger partial charge in [0.05, 0.1) is 0 Å². The molecular weight excluding hydrogens is 206 g/mol. The topological polar surface area (TPSA) is 12.0 Å². The summed E-state index contributed by atoms with van der Waals surface area (Å²) in [5.41, 5.74) is 2.01. The zero-order chi connectivity index (χ0) is 12.3. The van der Waals surface area contributed by atoms with E-state index >= 15 is 0 Å². The zero-order valence-electron chi connectivity index (χ0n) is 11.4. The number of benzene rings is 1. The smallest absolute Gasteiger partial charge is 0.00438 e. The summed E-state index contributed by atoms with van der Waals surface area (Å²) in [6.45, 7) is 9.27. The molecule has 1 nitrogen and oxygen atoms in total. The van der Waals surface area contributed by atoms with Crippen LogP contribution in [0.15, 0.2) is 30.3 Å². The van der Waals surface area contributed by atoms with Gasteiger partial charge >= 0.3 is 0 Å². The average molecular weight is 231 g/mol. The highest BCUT2D eigenvalue weighted by molar-refractivity contribution is 5.26. The van der Waals surface area contributed by atoms with Crippen molar-refractivity contribution in [2.24, 2.45) is 11.3 Å². The van der Waals surface area contributed by atoms with E-state index in [1.54, 1.807) is 0 Å². The Hall–Kier alpha value is -0.820. The van der Waals surface area contributed by atoms with Gasteiger partial charge in [-0.1, -0.05) is 51.1 Å². The molecule has 0 radical (unpaired) electrons.